The first kappa shape index (κ1) is 52.3. The van der Waals surface area contributed by atoms with Crippen LogP contribution in [0.2, 0.25) is 0 Å². The molecule has 2 heterocycles. The van der Waals surface area contributed by atoms with Gasteiger partial charge in [-0.05, 0) is 55.5 Å². The summed E-state index contributed by atoms with van der Waals surface area (Å²) in [5.41, 5.74) is 3.52. The lowest BCUT2D eigenvalue weighted by molar-refractivity contribution is -0.480. The van der Waals surface area contributed by atoms with E-state index in [1.165, 1.54) is 0 Å². The number of hydrogen-bond donors (Lipinski definition) is 3. The van der Waals surface area contributed by atoms with Crippen molar-refractivity contribution in [2.75, 3.05) is 85.2 Å². The van der Waals surface area contributed by atoms with Crippen LogP contribution in [0, 0.1) is 16.0 Å². The Hall–Kier alpha value is -4.69. The predicted octanol–water partition coefficient (Wildman–Crippen LogP) is 4.83. The molecule has 0 bridgehead atoms. The molecule has 1 fully saturated rings. The van der Waals surface area contributed by atoms with Crippen LogP contribution in [0.4, 0.5) is 5.69 Å². The summed E-state index contributed by atoms with van der Waals surface area (Å²) in [6.07, 6.45) is 6.99. The molecule has 3 rings (SSSR count). The van der Waals surface area contributed by atoms with E-state index in [4.69, 9.17) is 24.4 Å². The molecule has 0 radical (unpaired) electrons. The number of aromatic nitrogens is 1. The molecule has 0 spiro atoms. The zero-order valence-electron chi connectivity index (χ0n) is 35.0. The lowest BCUT2D eigenvalue weighted by Gasteiger charge is -2.33. The number of aryl methyl sites for hydroxylation is 2. The summed E-state index contributed by atoms with van der Waals surface area (Å²) in [6.45, 7) is 14.1. The number of carbonyl (C=O) groups excluding carboxylic acids is 3. The molecule has 330 valence electrons. The van der Waals surface area contributed by atoms with E-state index in [9.17, 15) is 34.1 Å². The van der Waals surface area contributed by atoms with Crippen molar-refractivity contribution in [3.8, 4) is 5.75 Å². The minimum Gasteiger partial charge on any atom is -0.493 e. The maximum atomic E-state index is 12.1. The fourth-order valence-corrected chi connectivity index (χ4v) is 6.56. The molecule has 1 aromatic carbocycles. The highest BCUT2D eigenvalue weighted by Crippen LogP contribution is 2.32. The second-order valence-corrected chi connectivity index (χ2v) is 14.3. The molecule has 0 saturated carbocycles. The highest BCUT2D eigenvalue weighted by Gasteiger charge is 2.22. The van der Waals surface area contributed by atoms with Gasteiger partial charge in [-0.15, -0.1) is 0 Å². The number of carboxylic acid groups (broad SMARTS) is 2. The maximum Gasteiger partial charge on any atom is 0.307 e. The molecule has 1 unspecified atom stereocenters. The molecular formula is C40H62N6O12S. The Bertz CT molecular complexity index is 1610. The molecule has 19 heteroatoms. The molecule has 1 aliphatic rings. The lowest BCUT2D eigenvalue weighted by Crippen LogP contribution is -2.44. The molecule has 18 nitrogen and oxygen atoms in total. The van der Waals surface area contributed by atoms with E-state index in [0.29, 0.717) is 50.5 Å². The van der Waals surface area contributed by atoms with E-state index < -0.39 is 24.3 Å². The normalized spacial score (nSPS) is 13.5. The van der Waals surface area contributed by atoms with Crippen LogP contribution in [0.15, 0.2) is 34.3 Å². The van der Waals surface area contributed by atoms with Crippen LogP contribution in [0.3, 0.4) is 0 Å². The van der Waals surface area contributed by atoms with Crippen molar-refractivity contribution >= 4 is 54.3 Å². The Kier molecular flexibility index (Phi) is 27.7. The lowest BCUT2D eigenvalue weighted by atomic mass is 10.0. The highest BCUT2D eigenvalue weighted by atomic mass is 32.2. The summed E-state index contributed by atoms with van der Waals surface area (Å²) in [7, 11) is 3.53. The number of benzene rings is 1. The second kappa shape index (κ2) is 31.3. The molecule has 59 heavy (non-hydrogen) atoms. The zero-order valence-corrected chi connectivity index (χ0v) is 35.8. The summed E-state index contributed by atoms with van der Waals surface area (Å²) < 4.78 is 20.7. The Morgan fingerprint density at radius 3 is 2.31 bits per heavy atom. The van der Waals surface area contributed by atoms with E-state index in [-0.39, 0.29) is 17.9 Å². The van der Waals surface area contributed by atoms with Gasteiger partial charge in [0.1, 0.15) is 29.9 Å². The number of aliphatic carboxylic acids is 2. The number of aliphatic imine (C=N–C) groups is 1. The topological polar surface area (TPSA) is 232 Å². The van der Waals surface area contributed by atoms with Crippen LogP contribution in [0.25, 0.3) is 0 Å². The van der Waals surface area contributed by atoms with E-state index in [1.54, 1.807) is 26.1 Å². The van der Waals surface area contributed by atoms with Gasteiger partial charge in [0.25, 0.3) is 0 Å². The first-order chi connectivity index (χ1) is 28.4. The molecule has 1 aliphatic heterocycles. The summed E-state index contributed by atoms with van der Waals surface area (Å²) in [4.78, 5) is 69.5. The number of anilines is 1. The average molecular weight is 851 g/mol. The van der Waals surface area contributed by atoms with Gasteiger partial charge < -0.3 is 43.9 Å². The first-order valence-corrected chi connectivity index (χ1v) is 20.5. The number of hydrogen-bond acceptors (Lipinski definition) is 14. The number of nitro groups is 1. The number of ether oxygens (including phenoxy) is 3. The molecule has 1 saturated heterocycles. The fourth-order valence-electron chi connectivity index (χ4n) is 5.61. The van der Waals surface area contributed by atoms with Crippen molar-refractivity contribution < 1.29 is 53.3 Å². The van der Waals surface area contributed by atoms with Crippen LogP contribution >= 0.6 is 11.9 Å². The predicted molar refractivity (Wildman–Crippen MR) is 226 cm³/mol. The van der Waals surface area contributed by atoms with E-state index >= 15 is 0 Å². The van der Waals surface area contributed by atoms with Crippen molar-refractivity contribution in [1.82, 2.24) is 13.8 Å². The molecule has 1 atom stereocenters. The van der Waals surface area contributed by atoms with E-state index in [0.717, 1.165) is 105 Å². The second-order valence-electron chi connectivity index (χ2n) is 13.1. The minimum absolute atomic E-state index is 0.0684. The molecule has 0 aliphatic carbocycles. The average Bonchev–Trinajstić information content (AvgIpc) is 3.56. The SMILES string of the molecule is CCCOc1ccc(SN2CCN(CCOC)CC2)cc1C(=NC)Nc1c(CCC)cn(CC)c1C=O.O=CCC(CC(=O)O)C(=O)O.O=CCCOCCC[N+](=O)[O-]. The number of methoxy groups -OCH3 is 1. The van der Waals surface area contributed by atoms with Crippen LogP contribution < -0.4 is 10.1 Å². The summed E-state index contributed by atoms with van der Waals surface area (Å²) in [6, 6.07) is 6.32. The minimum atomic E-state index is -1.25. The van der Waals surface area contributed by atoms with E-state index in [1.807, 2.05) is 10.6 Å². The Balaban J connectivity index is 0.000000646. The smallest absolute Gasteiger partial charge is 0.307 e. The number of nitrogens with zero attached hydrogens (tertiary/aromatic N) is 5. The number of rotatable bonds is 26. The van der Waals surface area contributed by atoms with E-state index in [2.05, 4.69) is 58.6 Å². The molecule has 2 aromatic rings. The van der Waals surface area contributed by atoms with Gasteiger partial charge in [0, 0.05) is 88.7 Å². The Morgan fingerprint density at radius 2 is 1.76 bits per heavy atom. The molecule has 3 N–H and O–H groups in total. The van der Waals surface area contributed by atoms with Gasteiger partial charge in [0.15, 0.2) is 6.29 Å². The number of piperazine rings is 1. The Morgan fingerprint density at radius 1 is 1.03 bits per heavy atom. The van der Waals surface area contributed by atoms with Gasteiger partial charge in [-0.3, -0.25) is 34.4 Å². The maximum absolute atomic E-state index is 12.1. The van der Waals surface area contributed by atoms with Crippen molar-refractivity contribution in [2.45, 2.75) is 77.2 Å². The standard InChI is InChI=1S/C28H43N5O3S.C6H11NO4.C6H8O5/c1-6-9-22-20-32(8-3)25(21-34)27(22)30-28(29-4)24-19-23(10-11-26(24)36-17-7-2)37-33-14-12-31(13-15-33)16-18-35-5;8-4-2-6-11-5-1-3-7(9)10;7-2-1-4(6(10)11)3-5(8)9/h10-11,19-21H,6-9,12-18H2,1-5H3,(H,29,30);4H,1-3,5-6H2;2,4H,1,3H2,(H,8,9)(H,10,11). The highest BCUT2D eigenvalue weighted by molar-refractivity contribution is 7.97. The monoisotopic (exact) mass is 850 g/mol. The third kappa shape index (κ3) is 20.7. The van der Waals surface area contributed by atoms with Crippen molar-refractivity contribution in [3.05, 3.63) is 51.3 Å². The van der Waals surface area contributed by atoms with Crippen molar-refractivity contribution in [2.24, 2.45) is 10.9 Å². The third-order valence-electron chi connectivity index (χ3n) is 8.64. The molecule has 0 amide bonds. The zero-order chi connectivity index (χ0) is 44.0. The number of aldehydes is 3. The van der Waals surface area contributed by atoms with Gasteiger partial charge in [0.05, 0.1) is 50.0 Å². The first-order valence-electron chi connectivity index (χ1n) is 19.8. The number of carboxylic acids is 2. The number of carbonyl (C=O) groups is 5. The quantitative estimate of drug-likeness (QED) is 0.0219. The van der Waals surface area contributed by atoms with Crippen molar-refractivity contribution in [1.29, 1.82) is 0 Å². The number of amidine groups is 1. The summed E-state index contributed by atoms with van der Waals surface area (Å²) >= 11 is 1.77. The molecular weight excluding hydrogens is 789 g/mol. The fraction of sp³-hybridized carbons (Fsp3) is 0.600. The Labute approximate surface area is 350 Å². The van der Waals surface area contributed by atoms with Gasteiger partial charge in [-0.2, -0.15) is 0 Å². The number of nitrogens with one attached hydrogen (secondary N) is 1. The van der Waals surface area contributed by atoms with Crippen LogP contribution in [-0.4, -0.2) is 145 Å². The van der Waals surface area contributed by atoms with Crippen molar-refractivity contribution in [3.63, 3.8) is 0 Å². The van der Waals surface area contributed by atoms with Crippen LogP contribution in [0.1, 0.15) is 80.9 Å². The molecule has 1 aromatic heterocycles. The van der Waals surface area contributed by atoms with Gasteiger partial charge in [-0.25, -0.2) is 4.31 Å². The summed E-state index contributed by atoms with van der Waals surface area (Å²) in [5.74, 6) is -2.06. The summed E-state index contributed by atoms with van der Waals surface area (Å²) in [5, 5.41) is 29.8. The largest absolute Gasteiger partial charge is 0.493 e. The van der Waals surface area contributed by atoms with Crippen LogP contribution in [0.5, 0.6) is 5.75 Å². The van der Waals surface area contributed by atoms with Gasteiger partial charge in [0.2, 0.25) is 6.54 Å². The third-order valence-corrected chi connectivity index (χ3v) is 9.73. The van der Waals surface area contributed by atoms with Crippen LogP contribution in [-0.2, 0) is 41.6 Å². The van der Waals surface area contributed by atoms with Gasteiger partial charge >= 0.3 is 11.9 Å². The van der Waals surface area contributed by atoms with Gasteiger partial charge in [-0.1, -0.05) is 20.3 Å².